The molecule has 0 fully saturated rings. The number of benzene rings is 1. The number of aliphatic hydroxyl groups is 1. The van der Waals surface area contributed by atoms with Crippen LogP contribution in [0.5, 0.6) is 5.75 Å². The van der Waals surface area contributed by atoms with Crippen molar-refractivity contribution in [1.82, 2.24) is 4.90 Å². The van der Waals surface area contributed by atoms with Crippen LogP contribution in [-0.4, -0.2) is 42.9 Å². The summed E-state index contributed by atoms with van der Waals surface area (Å²) in [6.07, 6.45) is 1.97. The molecule has 0 saturated carbocycles. The van der Waals surface area contributed by atoms with Crippen LogP contribution in [0.1, 0.15) is 25.3 Å². The van der Waals surface area contributed by atoms with Gasteiger partial charge in [-0.1, -0.05) is 19.1 Å². The fourth-order valence-corrected chi connectivity index (χ4v) is 1.95. The number of nitrogens with zero attached hydrogens (tertiary/aromatic N) is 2. The zero-order valence-electron chi connectivity index (χ0n) is 11.5. The molecule has 0 aliphatic rings. The average molecular weight is 262 g/mol. The summed E-state index contributed by atoms with van der Waals surface area (Å²) in [7, 11) is 0. The Bertz CT molecular complexity index is 395. The molecule has 0 spiro atoms. The number of hydrogen-bond donors (Lipinski definition) is 1. The Kier molecular flexibility index (Phi) is 7.64. The van der Waals surface area contributed by atoms with Crippen LogP contribution in [-0.2, 0) is 0 Å². The van der Waals surface area contributed by atoms with Gasteiger partial charge in [0.05, 0.1) is 18.8 Å². The highest BCUT2D eigenvalue weighted by molar-refractivity contribution is 5.42. The summed E-state index contributed by atoms with van der Waals surface area (Å²) in [4.78, 5) is 2.22. The second-order valence-corrected chi connectivity index (χ2v) is 4.38. The van der Waals surface area contributed by atoms with Crippen LogP contribution in [0.3, 0.4) is 0 Å². The molecule has 0 atom stereocenters. The molecule has 1 N–H and O–H groups in total. The second-order valence-electron chi connectivity index (χ2n) is 4.38. The quantitative estimate of drug-likeness (QED) is 0.692. The van der Waals surface area contributed by atoms with Crippen molar-refractivity contribution in [3.05, 3.63) is 29.8 Å². The van der Waals surface area contributed by atoms with E-state index < -0.39 is 0 Å². The van der Waals surface area contributed by atoms with Crippen molar-refractivity contribution in [2.45, 2.75) is 19.8 Å². The Hall–Kier alpha value is -1.57. The van der Waals surface area contributed by atoms with E-state index in [9.17, 15) is 0 Å². The van der Waals surface area contributed by atoms with Gasteiger partial charge >= 0.3 is 0 Å². The molecule has 0 saturated heterocycles. The minimum Gasteiger partial charge on any atom is -0.492 e. The topological polar surface area (TPSA) is 56.5 Å². The fraction of sp³-hybridized carbons (Fsp3) is 0.533. The Labute approximate surface area is 115 Å². The molecule has 0 heterocycles. The first-order valence-electron chi connectivity index (χ1n) is 6.77. The zero-order valence-corrected chi connectivity index (χ0v) is 11.5. The number of nitriles is 1. The van der Waals surface area contributed by atoms with Crippen LogP contribution in [0, 0.1) is 11.3 Å². The van der Waals surface area contributed by atoms with Crippen molar-refractivity contribution in [3.63, 3.8) is 0 Å². The van der Waals surface area contributed by atoms with Gasteiger partial charge in [-0.15, -0.1) is 0 Å². The van der Waals surface area contributed by atoms with Gasteiger partial charge in [-0.05, 0) is 31.5 Å². The zero-order chi connectivity index (χ0) is 13.9. The Morgan fingerprint density at radius 3 is 2.74 bits per heavy atom. The lowest BCUT2D eigenvalue weighted by molar-refractivity contribution is 0.183. The summed E-state index contributed by atoms with van der Waals surface area (Å²) in [5.41, 5.74) is 0.572. The third-order valence-electron chi connectivity index (χ3n) is 2.84. The predicted molar refractivity (Wildman–Crippen MR) is 75.1 cm³/mol. The molecule has 4 heteroatoms. The molecule has 0 aliphatic heterocycles. The summed E-state index contributed by atoms with van der Waals surface area (Å²) in [6, 6.07) is 9.38. The van der Waals surface area contributed by atoms with E-state index in [-0.39, 0.29) is 6.61 Å². The lowest BCUT2D eigenvalue weighted by Crippen LogP contribution is -2.29. The van der Waals surface area contributed by atoms with E-state index in [1.165, 1.54) is 0 Å². The van der Waals surface area contributed by atoms with Crippen LogP contribution >= 0.6 is 0 Å². The Balaban J connectivity index is 2.31. The molecule has 0 radical (unpaired) electrons. The van der Waals surface area contributed by atoms with E-state index in [1.807, 2.05) is 18.2 Å². The molecular formula is C15H22N2O2. The van der Waals surface area contributed by atoms with E-state index in [4.69, 9.17) is 15.1 Å². The third-order valence-corrected chi connectivity index (χ3v) is 2.84. The molecule has 0 aliphatic carbocycles. The van der Waals surface area contributed by atoms with Gasteiger partial charge in [-0.3, -0.25) is 0 Å². The first-order valence-corrected chi connectivity index (χ1v) is 6.77. The number of ether oxygens (including phenoxy) is 1. The summed E-state index contributed by atoms with van der Waals surface area (Å²) < 4.78 is 5.62. The van der Waals surface area contributed by atoms with Crippen molar-refractivity contribution < 1.29 is 9.84 Å². The fourth-order valence-electron chi connectivity index (χ4n) is 1.95. The SMILES string of the molecule is CCCN(CCO)CCCOc1ccccc1C#N. The van der Waals surface area contributed by atoms with Gasteiger partial charge in [-0.25, -0.2) is 0 Å². The highest BCUT2D eigenvalue weighted by Gasteiger charge is 2.04. The van der Waals surface area contributed by atoms with Crippen molar-refractivity contribution in [2.24, 2.45) is 0 Å². The summed E-state index contributed by atoms with van der Waals surface area (Å²) >= 11 is 0. The molecule has 1 rings (SSSR count). The van der Waals surface area contributed by atoms with Crippen LogP contribution in [0.2, 0.25) is 0 Å². The maximum Gasteiger partial charge on any atom is 0.137 e. The standard InChI is InChI=1S/C15H22N2O2/c1-2-8-17(10-11-18)9-5-12-19-15-7-4-3-6-14(15)13-16/h3-4,6-7,18H,2,5,8-12H2,1H3. The van der Waals surface area contributed by atoms with Gasteiger partial charge in [0.1, 0.15) is 11.8 Å². The second kappa shape index (κ2) is 9.37. The Morgan fingerprint density at radius 1 is 1.26 bits per heavy atom. The number of rotatable bonds is 9. The first-order chi connectivity index (χ1) is 9.31. The number of hydrogen-bond acceptors (Lipinski definition) is 4. The van der Waals surface area contributed by atoms with Gasteiger partial charge in [0.15, 0.2) is 0 Å². The summed E-state index contributed by atoms with van der Waals surface area (Å²) in [5.74, 6) is 0.647. The highest BCUT2D eigenvalue weighted by atomic mass is 16.5. The number of para-hydroxylation sites is 1. The first kappa shape index (κ1) is 15.5. The van der Waals surface area contributed by atoms with Gasteiger partial charge < -0.3 is 14.7 Å². The smallest absolute Gasteiger partial charge is 0.137 e. The minimum atomic E-state index is 0.193. The monoisotopic (exact) mass is 262 g/mol. The summed E-state index contributed by atoms with van der Waals surface area (Å²) in [6.45, 7) is 5.52. The van der Waals surface area contributed by atoms with Crippen LogP contribution in [0.4, 0.5) is 0 Å². The van der Waals surface area contributed by atoms with Gasteiger partial charge in [0.2, 0.25) is 0 Å². The van der Waals surface area contributed by atoms with E-state index in [1.54, 1.807) is 6.07 Å². The molecular weight excluding hydrogens is 240 g/mol. The van der Waals surface area contributed by atoms with E-state index in [0.29, 0.717) is 24.5 Å². The highest BCUT2D eigenvalue weighted by Crippen LogP contribution is 2.16. The molecule has 1 aromatic rings. The molecule has 0 unspecified atom stereocenters. The molecule has 19 heavy (non-hydrogen) atoms. The maximum absolute atomic E-state index is 8.96. The minimum absolute atomic E-state index is 0.193. The summed E-state index contributed by atoms with van der Waals surface area (Å²) in [5, 5.41) is 17.9. The molecule has 0 amide bonds. The third kappa shape index (κ3) is 5.73. The van der Waals surface area contributed by atoms with Crippen molar-refractivity contribution in [2.75, 3.05) is 32.8 Å². The van der Waals surface area contributed by atoms with Crippen LogP contribution in [0.25, 0.3) is 0 Å². The molecule has 0 bridgehead atoms. The molecule has 1 aromatic carbocycles. The molecule has 4 nitrogen and oxygen atoms in total. The molecule has 0 aromatic heterocycles. The maximum atomic E-state index is 8.96. The number of aliphatic hydroxyl groups excluding tert-OH is 1. The van der Waals surface area contributed by atoms with Gasteiger partial charge in [0, 0.05) is 13.1 Å². The molecule has 104 valence electrons. The van der Waals surface area contributed by atoms with Gasteiger partial charge in [0.25, 0.3) is 0 Å². The predicted octanol–water partition coefficient (Wildman–Crippen LogP) is 2.03. The lowest BCUT2D eigenvalue weighted by Gasteiger charge is -2.20. The lowest BCUT2D eigenvalue weighted by atomic mass is 10.2. The van der Waals surface area contributed by atoms with E-state index in [0.717, 1.165) is 25.9 Å². The van der Waals surface area contributed by atoms with Crippen LogP contribution < -0.4 is 4.74 Å². The van der Waals surface area contributed by atoms with Crippen LogP contribution in [0.15, 0.2) is 24.3 Å². The van der Waals surface area contributed by atoms with Crippen molar-refractivity contribution in [3.8, 4) is 11.8 Å². The normalized spacial score (nSPS) is 10.4. The van der Waals surface area contributed by atoms with Crippen molar-refractivity contribution in [1.29, 1.82) is 5.26 Å². The Morgan fingerprint density at radius 2 is 2.05 bits per heavy atom. The largest absolute Gasteiger partial charge is 0.492 e. The van der Waals surface area contributed by atoms with Gasteiger partial charge in [-0.2, -0.15) is 5.26 Å². The van der Waals surface area contributed by atoms with Crippen molar-refractivity contribution >= 4 is 0 Å². The van der Waals surface area contributed by atoms with E-state index >= 15 is 0 Å². The average Bonchev–Trinajstić information content (AvgIpc) is 2.44. The van der Waals surface area contributed by atoms with E-state index in [2.05, 4.69) is 17.9 Å².